The number of nitrogens with one attached hydrogen (secondary N) is 1. The quantitative estimate of drug-likeness (QED) is 0.841. The van der Waals surface area contributed by atoms with E-state index in [2.05, 4.69) is 5.32 Å². The number of Topliss-reactive ketones (excluding diaryl/α,β-unsaturated/α-hetero) is 1. The highest BCUT2D eigenvalue weighted by atomic mass is 19.4. The minimum absolute atomic E-state index is 0.178. The summed E-state index contributed by atoms with van der Waals surface area (Å²) in [4.78, 5) is 9.98. The van der Waals surface area contributed by atoms with Crippen LogP contribution in [-0.2, 0) is 11.0 Å². The van der Waals surface area contributed by atoms with Gasteiger partial charge in [0.15, 0.2) is 0 Å². The van der Waals surface area contributed by atoms with Crippen molar-refractivity contribution in [3.63, 3.8) is 0 Å². The molecule has 0 bridgehead atoms. The number of alkyl halides is 4. The maximum absolute atomic E-state index is 12.0. The summed E-state index contributed by atoms with van der Waals surface area (Å²) >= 11 is 0. The lowest BCUT2D eigenvalue weighted by Gasteiger charge is -2.05. The zero-order chi connectivity index (χ0) is 16.2. The van der Waals surface area contributed by atoms with Gasteiger partial charge in [-0.3, -0.25) is 9.18 Å². The third-order valence-corrected chi connectivity index (χ3v) is 1.77. The SMILES string of the molecule is CCF.CNCC(C)=O.Cc1cccc(C(F)(F)F)c1. The molecule has 0 atom stereocenters. The van der Waals surface area contributed by atoms with Crippen molar-refractivity contribution in [2.45, 2.75) is 26.9 Å². The van der Waals surface area contributed by atoms with Gasteiger partial charge in [0.2, 0.25) is 0 Å². The first-order chi connectivity index (χ1) is 9.18. The van der Waals surface area contributed by atoms with E-state index in [0.29, 0.717) is 12.1 Å². The number of carbonyl (C=O) groups is 1. The fourth-order valence-electron chi connectivity index (χ4n) is 1.07. The molecular formula is C14H21F4NO. The molecule has 1 aromatic rings. The number of likely N-dealkylation sites (N-methyl/N-ethyl adjacent to an activating group) is 1. The Kier molecular flexibility index (Phi) is 11.9. The van der Waals surface area contributed by atoms with Crippen molar-refractivity contribution in [1.82, 2.24) is 5.32 Å². The van der Waals surface area contributed by atoms with Crippen LogP contribution in [0.3, 0.4) is 0 Å². The number of carbonyl (C=O) groups excluding carboxylic acids is 1. The van der Waals surface area contributed by atoms with Crippen LogP contribution in [0.5, 0.6) is 0 Å². The van der Waals surface area contributed by atoms with Crippen molar-refractivity contribution in [2.24, 2.45) is 0 Å². The summed E-state index contributed by atoms with van der Waals surface area (Å²) in [7, 11) is 1.75. The highest BCUT2D eigenvalue weighted by molar-refractivity contribution is 5.77. The van der Waals surface area contributed by atoms with Crippen molar-refractivity contribution < 1.29 is 22.4 Å². The molecule has 0 radical (unpaired) electrons. The van der Waals surface area contributed by atoms with Gasteiger partial charge < -0.3 is 5.32 Å². The summed E-state index contributed by atoms with van der Waals surface area (Å²) in [6, 6.07) is 5.22. The number of halogens is 4. The zero-order valence-electron chi connectivity index (χ0n) is 12.1. The molecule has 116 valence electrons. The van der Waals surface area contributed by atoms with Crippen LogP contribution in [0.25, 0.3) is 0 Å². The summed E-state index contributed by atoms with van der Waals surface area (Å²) < 4.78 is 46.2. The Morgan fingerprint density at radius 3 is 2.00 bits per heavy atom. The van der Waals surface area contributed by atoms with E-state index in [4.69, 9.17) is 0 Å². The predicted molar refractivity (Wildman–Crippen MR) is 72.4 cm³/mol. The van der Waals surface area contributed by atoms with E-state index in [1.54, 1.807) is 27.0 Å². The fourth-order valence-corrected chi connectivity index (χ4v) is 1.07. The van der Waals surface area contributed by atoms with E-state index < -0.39 is 11.7 Å². The van der Waals surface area contributed by atoms with Crippen LogP contribution < -0.4 is 5.32 Å². The molecule has 0 aliphatic heterocycles. The first-order valence-electron chi connectivity index (χ1n) is 6.02. The lowest BCUT2D eigenvalue weighted by molar-refractivity contribution is -0.137. The molecule has 1 N–H and O–H groups in total. The molecule has 0 aliphatic rings. The average molecular weight is 295 g/mol. The van der Waals surface area contributed by atoms with Gasteiger partial charge in [0.05, 0.1) is 18.8 Å². The Bertz CT molecular complexity index is 378. The van der Waals surface area contributed by atoms with Gasteiger partial charge >= 0.3 is 6.18 Å². The Morgan fingerprint density at radius 2 is 1.80 bits per heavy atom. The molecular weight excluding hydrogens is 274 g/mol. The van der Waals surface area contributed by atoms with Gasteiger partial charge in [-0.05, 0) is 33.9 Å². The minimum atomic E-state index is -4.22. The van der Waals surface area contributed by atoms with Crippen LogP contribution in [0.2, 0.25) is 0 Å². The molecule has 0 heterocycles. The molecule has 2 nitrogen and oxygen atoms in total. The lowest BCUT2D eigenvalue weighted by atomic mass is 10.1. The zero-order valence-corrected chi connectivity index (χ0v) is 12.1. The molecule has 0 saturated heterocycles. The number of benzene rings is 1. The van der Waals surface area contributed by atoms with Crippen molar-refractivity contribution in [3.05, 3.63) is 35.4 Å². The number of hydrogen-bond donors (Lipinski definition) is 1. The second-order valence-electron chi connectivity index (χ2n) is 3.87. The van der Waals surface area contributed by atoms with Crippen LogP contribution in [0.15, 0.2) is 24.3 Å². The van der Waals surface area contributed by atoms with Crippen molar-refractivity contribution >= 4 is 5.78 Å². The average Bonchev–Trinajstić information content (AvgIpc) is 2.29. The third kappa shape index (κ3) is 13.0. The summed E-state index contributed by atoms with van der Waals surface area (Å²) in [5.74, 6) is 0.178. The highest BCUT2D eigenvalue weighted by Gasteiger charge is 2.29. The molecule has 0 amide bonds. The highest BCUT2D eigenvalue weighted by Crippen LogP contribution is 2.29. The standard InChI is InChI=1S/C8H7F3.C4H9NO.C2H5F/c1-6-3-2-4-7(5-6)8(9,10)11;1-4(6)3-5-2;1-2-3/h2-5H,1H3;5H,3H2,1-2H3;2H2,1H3. The number of hydrogen-bond acceptors (Lipinski definition) is 2. The van der Waals surface area contributed by atoms with Gasteiger partial charge in [0.25, 0.3) is 0 Å². The molecule has 6 heteroatoms. The number of aryl methyl sites for hydroxylation is 1. The van der Waals surface area contributed by atoms with E-state index in [-0.39, 0.29) is 12.5 Å². The van der Waals surface area contributed by atoms with Crippen molar-refractivity contribution in [2.75, 3.05) is 20.3 Å². The molecule has 20 heavy (non-hydrogen) atoms. The maximum atomic E-state index is 12.0. The fraction of sp³-hybridized carbons (Fsp3) is 0.500. The smallest absolute Gasteiger partial charge is 0.313 e. The minimum Gasteiger partial charge on any atom is -0.313 e. The van der Waals surface area contributed by atoms with Gasteiger partial charge in [0.1, 0.15) is 5.78 Å². The van der Waals surface area contributed by atoms with E-state index in [1.165, 1.54) is 13.0 Å². The molecule has 0 saturated carbocycles. The Balaban J connectivity index is 0. The summed E-state index contributed by atoms with van der Waals surface area (Å²) in [6.07, 6.45) is -4.22. The van der Waals surface area contributed by atoms with Gasteiger partial charge in [-0.2, -0.15) is 13.2 Å². The maximum Gasteiger partial charge on any atom is 0.416 e. The predicted octanol–water partition coefficient (Wildman–Crippen LogP) is 3.78. The Hall–Kier alpha value is -1.43. The number of ketones is 1. The van der Waals surface area contributed by atoms with E-state index in [0.717, 1.165) is 12.1 Å². The van der Waals surface area contributed by atoms with Crippen LogP contribution in [-0.4, -0.2) is 26.1 Å². The van der Waals surface area contributed by atoms with Crippen molar-refractivity contribution in [1.29, 1.82) is 0 Å². The summed E-state index contributed by atoms with van der Waals surface area (Å²) in [5.41, 5.74) is 0.0392. The molecule has 0 fully saturated rings. The normalized spacial score (nSPS) is 9.80. The van der Waals surface area contributed by atoms with E-state index >= 15 is 0 Å². The molecule has 0 aliphatic carbocycles. The topological polar surface area (TPSA) is 29.1 Å². The molecule has 0 spiro atoms. The van der Waals surface area contributed by atoms with Gasteiger partial charge in [-0.1, -0.05) is 23.8 Å². The first-order valence-corrected chi connectivity index (χ1v) is 6.02. The van der Waals surface area contributed by atoms with Crippen LogP contribution >= 0.6 is 0 Å². The van der Waals surface area contributed by atoms with Crippen LogP contribution in [0.4, 0.5) is 17.6 Å². The summed E-state index contributed by atoms with van der Waals surface area (Å²) in [5, 5.41) is 2.72. The lowest BCUT2D eigenvalue weighted by Crippen LogP contribution is -2.14. The first kappa shape index (κ1) is 20.9. The number of rotatable bonds is 2. The van der Waals surface area contributed by atoms with E-state index in [1.807, 2.05) is 0 Å². The van der Waals surface area contributed by atoms with Crippen LogP contribution in [0.1, 0.15) is 25.0 Å². The van der Waals surface area contributed by atoms with Crippen LogP contribution in [0, 0.1) is 6.92 Å². The van der Waals surface area contributed by atoms with Crippen molar-refractivity contribution in [3.8, 4) is 0 Å². The molecule has 0 unspecified atom stereocenters. The van der Waals surface area contributed by atoms with Gasteiger partial charge in [-0.25, -0.2) is 0 Å². The molecule has 0 aromatic heterocycles. The molecule has 1 rings (SSSR count). The summed E-state index contributed by atoms with van der Waals surface area (Å²) in [6.45, 7) is 4.88. The third-order valence-electron chi connectivity index (χ3n) is 1.77. The second-order valence-corrected chi connectivity index (χ2v) is 3.87. The van der Waals surface area contributed by atoms with E-state index in [9.17, 15) is 22.4 Å². The molecule has 1 aromatic carbocycles. The van der Waals surface area contributed by atoms with Gasteiger partial charge in [-0.15, -0.1) is 0 Å². The second kappa shape index (κ2) is 11.4. The Labute approximate surface area is 117 Å². The largest absolute Gasteiger partial charge is 0.416 e. The monoisotopic (exact) mass is 295 g/mol. The van der Waals surface area contributed by atoms with Gasteiger partial charge in [0, 0.05) is 0 Å². The Morgan fingerprint density at radius 1 is 1.30 bits per heavy atom.